The number of aliphatic imine (C=N–C) groups is 1. The number of nitrogens with zero attached hydrogens (tertiary/aromatic N) is 5. The van der Waals surface area contributed by atoms with E-state index in [9.17, 15) is 0 Å². The number of hydrogen-bond donors (Lipinski definition) is 1. The zero-order valence-corrected chi connectivity index (χ0v) is 20.6. The highest BCUT2D eigenvalue weighted by Crippen LogP contribution is 2.21. The van der Waals surface area contributed by atoms with Crippen LogP contribution >= 0.6 is 24.0 Å². The van der Waals surface area contributed by atoms with E-state index in [4.69, 9.17) is 4.99 Å². The van der Waals surface area contributed by atoms with E-state index in [1.54, 1.807) is 6.33 Å². The van der Waals surface area contributed by atoms with Gasteiger partial charge in [0.05, 0.1) is 6.54 Å². The zero-order chi connectivity index (χ0) is 20.5. The quantitative estimate of drug-likeness (QED) is 0.247. The summed E-state index contributed by atoms with van der Waals surface area (Å²) < 4.78 is 2.11. The Morgan fingerprint density at radius 2 is 1.97 bits per heavy atom. The Labute approximate surface area is 197 Å². The Kier molecular flexibility index (Phi) is 10.3. The number of benzene rings is 1. The summed E-state index contributed by atoms with van der Waals surface area (Å²) >= 11 is 0. The van der Waals surface area contributed by atoms with Crippen molar-refractivity contribution in [1.29, 1.82) is 0 Å². The lowest BCUT2D eigenvalue weighted by atomic mass is 9.90. The van der Waals surface area contributed by atoms with Crippen molar-refractivity contribution < 1.29 is 0 Å². The molecule has 164 valence electrons. The molecule has 6 nitrogen and oxygen atoms in total. The van der Waals surface area contributed by atoms with Crippen LogP contribution in [-0.4, -0.2) is 51.8 Å². The molecule has 0 radical (unpaired) electrons. The summed E-state index contributed by atoms with van der Waals surface area (Å²) in [6.07, 6.45) is 6.28. The van der Waals surface area contributed by atoms with Crippen LogP contribution in [0.25, 0.3) is 0 Å². The molecule has 7 heteroatoms. The second-order valence-electron chi connectivity index (χ2n) is 7.94. The van der Waals surface area contributed by atoms with E-state index < -0.39 is 0 Å². The molecule has 2 aromatic rings. The Morgan fingerprint density at radius 3 is 2.63 bits per heavy atom. The summed E-state index contributed by atoms with van der Waals surface area (Å²) in [4.78, 5) is 7.21. The molecule has 1 aromatic carbocycles. The van der Waals surface area contributed by atoms with Gasteiger partial charge in [0, 0.05) is 32.6 Å². The summed E-state index contributed by atoms with van der Waals surface area (Å²) in [6.45, 7) is 12.5. The maximum atomic E-state index is 4.81. The van der Waals surface area contributed by atoms with Crippen molar-refractivity contribution >= 4 is 29.9 Å². The van der Waals surface area contributed by atoms with Crippen LogP contribution in [0.5, 0.6) is 0 Å². The molecule has 1 aliphatic rings. The van der Waals surface area contributed by atoms with Gasteiger partial charge in [-0.3, -0.25) is 0 Å². The van der Waals surface area contributed by atoms with E-state index in [1.165, 1.54) is 24.8 Å². The van der Waals surface area contributed by atoms with Crippen molar-refractivity contribution in [1.82, 2.24) is 25.0 Å². The van der Waals surface area contributed by atoms with Crippen LogP contribution in [0.3, 0.4) is 0 Å². The van der Waals surface area contributed by atoms with Gasteiger partial charge in [0.1, 0.15) is 12.2 Å². The number of rotatable bonds is 8. The van der Waals surface area contributed by atoms with Crippen LogP contribution in [0.15, 0.2) is 53.8 Å². The molecule has 0 unspecified atom stereocenters. The van der Waals surface area contributed by atoms with Gasteiger partial charge in [-0.25, -0.2) is 4.99 Å². The molecule has 3 rings (SSSR count). The van der Waals surface area contributed by atoms with Gasteiger partial charge in [0.2, 0.25) is 0 Å². The van der Waals surface area contributed by atoms with Crippen LogP contribution in [-0.2, 0) is 19.4 Å². The molecular formula is C23H35IN6. The molecule has 0 saturated carbocycles. The Bertz CT molecular complexity index is 793. The third-order valence-electron chi connectivity index (χ3n) is 5.43. The van der Waals surface area contributed by atoms with Gasteiger partial charge in [-0.05, 0) is 37.7 Å². The molecule has 1 fully saturated rings. The van der Waals surface area contributed by atoms with Crippen molar-refractivity contribution in [3.63, 3.8) is 0 Å². The first-order chi connectivity index (χ1) is 14.2. The fraction of sp³-hybridized carbons (Fsp3) is 0.522. The second kappa shape index (κ2) is 12.7. The molecule has 1 aliphatic heterocycles. The van der Waals surface area contributed by atoms with Crippen LogP contribution < -0.4 is 5.32 Å². The third-order valence-corrected chi connectivity index (χ3v) is 5.43. The summed E-state index contributed by atoms with van der Waals surface area (Å²) in [7, 11) is 0. The van der Waals surface area contributed by atoms with E-state index >= 15 is 0 Å². The molecule has 30 heavy (non-hydrogen) atoms. The molecule has 0 spiro atoms. The van der Waals surface area contributed by atoms with Gasteiger partial charge in [-0.15, -0.1) is 34.2 Å². The van der Waals surface area contributed by atoms with Gasteiger partial charge in [0.15, 0.2) is 5.96 Å². The molecule has 0 bridgehead atoms. The number of likely N-dealkylation sites (tertiary alicyclic amines) is 1. The maximum Gasteiger partial charge on any atom is 0.194 e. The Hall–Kier alpha value is -1.90. The predicted molar refractivity (Wildman–Crippen MR) is 134 cm³/mol. The van der Waals surface area contributed by atoms with Gasteiger partial charge < -0.3 is 14.8 Å². The van der Waals surface area contributed by atoms with E-state index in [1.807, 2.05) is 6.92 Å². The lowest BCUT2D eigenvalue weighted by molar-refractivity contribution is 0.258. The average molecular weight is 522 g/mol. The summed E-state index contributed by atoms with van der Waals surface area (Å²) in [6, 6.07) is 10.8. The molecule has 0 atom stereocenters. The van der Waals surface area contributed by atoms with Crippen molar-refractivity contribution in [2.45, 2.75) is 46.1 Å². The highest BCUT2D eigenvalue weighted by atomic mass is 127. The van der Waals surface area contributed by atoms with Gasteiger partial charge >= 0.3 is 0 Å². The lowest BCUT2D eigenvalue weighted by Crippen LogP contribution is -2.46. The fourth-order valence-electron chi connectivity index (χ4n) is 3.80. The summed E-state index contributed by atoms with van der Waals surface area (Å²) in [5.41, 5.74) is 2.52. The zero-order valence-electron chi connectivity index (χ0n) is 18.3. The fourth-order valence-corrected chi connectivity index (χ4v) is 3.80. The standard InChI is InChI=1S/C23H34N6.HI/c1-4-22-27-26-18-29(22)15-12-24-23(25-17-19(2)3)28-13-10-21(11-14-28)16-20-8-6-5-7-9-20;/h5-9,18,21H,2,4,10-17H2,1,3H3,(H,24,25);1H. The SMILES string of the molecule is C=C(C)CN=C(NCCn1cnnc1CC)N1CCC(Cc2ccccc2)CC1.I. The molecule has 1 saturated heterocycles. The number of piperidine rings is 1. The van der Waals surface area contributed by atoms with Gasteiger partial charge in [-0.2, -0.15) is 0 Å². The molecule has 0 aliphatic carbocycles. The van der Waals surface area contributed by atoms with Crippen LogP contribution in [0.2, 0.25) is 0 Å². The summed E-state index contributed by atoms with van der Waals surface area (Å²) in [5.74, 6) is 2.77. The average Bonchev–Trinajstić information content (AvgIpc) is 3.19. The number of aryl methyl sites for hydroxylation is 1. The van der Waals surface area contributed by atoms with Gasteiger partial charge in [0.25, 0.3) is 0 Å². The first kappa shape index (κ1) is 24.4. The number of nitrogens with one attached hydrogen (secondary N) is 1. The molecule has 2 heterocycles. The van der Waals surface area contributed by atoms with Crippen LogP contribution in [0.4, 0.5) is 0 Å². The Morgan fingerprint density at radius 1 is 1.23 bits per heavy atom. The van der Waals surface area contributed by atoms with E-state index in [2.05, 4.69) is 68.8 Å². The van der Waals surface area contributed by atoms with Crippen LogP contribution in [0, 0.1) is 5.92 Å². The minimum atomic E-state index is 0. The van der Waals surface area contributed by atoms with Crippen molar-refractivity contribution in [3.05, 3.63) is 60.2 Å². The van der Waals surface area contributed by atoms with Crippen molar-refractivity contribution in [2.24, 2.45) is 10.9 Å². The third kappa shape index (κ3) is 7.41. The minimum Gasteiger partial charge on any atom is -0.354 e. The van der Waals surface area contributed by atoms with E-state index in [-0.39, 0.29) is 24.0 Å². The smallest absolute Gasteiger partial charge is 0.194 e. The number of halogens is 1. The molecule has 1 N–H and O–H groups in total. The number of aromatic nitrogens is 3. The lowest BCUT2D eigenvalue weighted by Gasteiger charge is -2.34. The topological polar surface area (TPSA) is 58.3 Å². The Balaban J connectivity index is 0.00000320. The normalized spacial score (nSPS) is 15.0. The summed E-state index contributed by atoms with van der Waals surface area (Å²) in [5, 5.41) is 11.7. The van der Waals surface area contributed by atoms with E-state index in [0.717, 1.165) is 55.9 Å². The first-order valence-corrected chi connectivity index (χ1v) is 10.7. The second-order valence-corrected chi connectivity index (χ2v) is 7.94. The molecule has 1 aromatic heterocycles. The molecular weight excluding hydrogens is 487 g/mol. The van der Waals surface area contributed by atoms with Crippen molar-refractivity contribution in [2.75, 3.05) is 26.2 Å². The monoisotopic (exact) mass is 522 g/mol. The van der Waals surface area contributed by atoms with Gasteiger partial charge in [-0.1, -0.05) is 49.4 Å². The molecule has 0 amide bonds. The largest absolute Gasteiger partial charge is 0.354 e. The van der Waals surface area contributed by atoms with Crippen molar-refractivity contribution in [3.8, 4) is 0 Å². The maximum absolute atomic E-state index is 4.81. The minimum absolute atomic E-state index is 0. The highest BCUT2D eigenvalue weighted by molar-refractivity contribution is 14.0. The predicted octanol–water partition coefficient (Wildman–Crippen LogP) is 3.93. The highest BCUT2D eigenvalue weighted by Gasteiger charge is 2.21. The number of guanidine groups is 1. The number of hydrogen-bond acceptors (Lipinski definition) is 3. The van der Waals surface area contributed by atoms with E-state index in [0.29, 0.717) is 6.54 Å². The van der Waals surface area contributed by atoms with Crippen LogP contribution in [0.1, 0.15) is 38.1 Å². The first-order valence-electron chi connectivity index (χ1n) is 10.7.